The molecule has 80 heavy (non-hydrogen) atoms. The van der Waals surface area contributed by atoms with Gasteiger partial charge in [-0.15, -0.1) is 44.8 Å². The van der Waals surface area contributed by atoms with E-state index >= 15 is 0 Å². The predicted molar refractivity (Wildman–Crippen MR) is 316 cm³/mol. The van der Waals surface area contributed by atoms with Crippen LogP contribution in [0.25, 0.3) is 45.0 Å². The number of halogens is 1. The van der Waals surface area contributed by atoms with E-state index in [-0.39, 0.29) is 34.7 Å². The number of rotatable bonds is 13. The lowest BCUT2D eigenvalue weighted by atomic mass is 10.0. The number of aryl methyl sites for hydroxylation is 3. The zero-order valence-corrected chi connectivity index (χ0v) is 47.6. The number of alkyl halides is 1. The molecule has 0 unspecified atom stereocenters. The summed E-state index contributed by atoms with van der Waals surface area (Å²) in [7, 11) is 0. The lowest BCUT2D eigenvalue weighted by molar-refractivity contribution is -0.141. The van der Waals surface area contributed by atoms with Crippen LogP contribution < -0.4 is 16.9 Å². The average Bonchev–Trinajstić information content (AvgIpc) is 4.20. The van der Waals surface area contributed by atoms with Crippen molar-refractivity contribution in [1.82, 2.24) is 51.2 Å². The molecule has 0 saturated carbocycles. The number of H-pyrrole nitrogens is 4. The molecule has 0 radical (unpaired) electrons. The van der Waals surface area contributed by atoms with E-state index in [9.17, 15) is 24.4 Å². The highest BCUT2D eigenvalue weighted by molar-refractivity contribution is 9.08. The minimum atomic E-state index is -0.469. The molecule has 404 valence electrons. The molecule has 0 aliphatic heterocycles. The van der Waals surface area contributed by atoms with E-state index in [0.29, 0.717) is 61.9 Å². The van der Waals surface area contributed by atoms with E-state index in [4.69, 9.17) is 21.0 Å². The van der Waals surface area contributed by atoms with Gasteiger partial charge in [-0.05, 0) is 78.6 Å². The molecule has 6 N–H and O–H groups in total. The first-order valence-corrected chi connectivity index (χ1v) is 26.9. The first kappa shape index (κ1) is 61.7. The molecule has 0 atom stereocenters. The molecule has 9 aromatic rings. The Morgan fingerprint density at radius 1 is 0.688 bits per heavy atom. The summed E-state index contributed by atoms with van der Waals surface area (Å²) in [5.74, 6) is 1.06. The number of esters is 1. The fourth-order valence-corrected chi connectivity index (χ4v) is 8.81. The number of nitriles is 3. The number of benzene rings is 5. The topological polar surface area (TPSA) is 315 Å². The van der Waals surface area contributed by atoms with Crippen molar-refractivity contribution in [2.45, 2.75) is 61.7 Å². The molecule has 0 aliphatic rings. The second kappa shape index (κ2) is 31.9. The largest absolute Gasteiger partial charge is 0.466 e. The summed E-state index contributed by atoms with van der Waals surface area (Å²) in [5, 5.41) is 56.1. The Hall–Kier alpha value is -9.18. The Bertz CT molecular complexity index is 3810. The van der Waals surface area contributed by atoms with Crippen molar-refractivity contribution in [2.24, 2.45) is 5.73 Å². The van der Waals surface area contributed by atoms with Crippen molar-refractivity contribution in [1.29, 1.82) is 15.8 Å². The highest BCUT2D eigenvalue weighted by atomic mass is 79.9. The summed E-state index contributed by atoms with van der Waals surface area (Å²) >= 11 is 13.3. The van der Waals surface area contributed by atoms with Crippen molar-refractivity contribution in [3.63, 3.8) is 0 Å². The van der Waals surface area contributed by atoms with Crippen LogP contribution in [0.4, 0.5) is 0 Å². The van der Waals surface area contributed by atoms with Crippen LogP contribution in [-0.4, -0.2) is 74.6 Å². The van der Waals surface area contributed by atoms with Gasteiger partial charge in [0.15, 0.2) is 5.78 Å². The number of thioether (sulfide) groups is 1. The van der Waals surface area contributed by atoms with Crippen LogP contribution in [0, 0.1) is 54.8 Å². The van der Waals surface area contributed by atoms with Crippen LogP contribution >= 0.6 is 52.5 Å². The summed E-state index contributed by atoms with van der Waals surface area (Å²) in [6.07, 6.45) is 0.00657. The molecular formula is C57H51BrN14O5S3. The van der Waals surface area contributed by atoms with E-state index < -0.39 is 5.97 Å². The van der Waals surface area contributed by atoms with E-state index in [1.165, 1.54) is 29.5 Å². The third-order valence-corrected chi connectivity index (χ3v) is 12.9. The number of carbonyl (C=O) groups is 2. The SMILES string of the molecule is BrCc1cccc(-c2nn[nH]n2)c1.CCOC(=O)CC(=O)c1cccc(C)c1.Cc1cccc(-c2cc(=O)[nH]c(S)c2C#N)c1.Cc1cccc(-c2cc(=O)[nH]c(SCc3cccc(-c4nn[nH]n4)c3)c2C#N)c1.N#CCC(N)=S. The molecule has 0 amide bonds. The zero-order valence-electron chi connectivity index (χ0n) is 43.5. The van der Waals surface area contributed by atoms with Gasteiger partial charge in [0.05, 0.1) is 45.3 Å². The van der Waals surface area contributed by atoms with Gasteiger partial charge >= 0.3 is 5.97 Å². The second-order valence-corrected chi connectivity index (χ2v) is 19.4. The van der Waals surface area contributed by atoms with Crippen molar-refractivity contribution in [3.05, 3.63) is 199 Å². The van der Waals surface area contributed by atoms with Gasteiger partial charge in [-0.3, -0.25) is 19.2 Å². The molecule has 0 spiro atoms. The molecular weight excluding hydrogens is 1140 g/mol. The number of hydrogen-bond acceptors (Lipinski definition) is 17. The Labute approximate surface area is 483 Å². The van der Waals surface area contributed by atoms with Crippen LogP contribution in [-0.2, 0) is 20.6 Å². The molecule has 23 heteroatoms. The third kappa shape index (κ3) is 19.4. The standard InChI is InChI=1S/C21H16N6OS.C13H10N2OS.C12H14O3.C8H7BrN4.C3H4N2S/c1-13-4-2-6-15(8-13)17-10-19(28)23-21(18(17)11-22)29-12-14-5-3-7-16(9-14)20-24-26-27-25-20;1-8-3-2-4-9(5-8)10-6-12(16)15-13(17)11(10)7-14;1-3-15-12(14)8-11(13)10-6-4-5-9(2)7-10;9-5-6-2-1-3-7(4-6)8-10-12-13-11-8;4-2-1-3(5)6/h2-10H,12H2,1H3,(H,23,28)(H,24,25,26,27);2-6H,1H3,(H2,15,16,17);4-7H,3,8H2,1-2H3;1-4H,5H2,(H,10,11,12,13);1H2,(H2,5,6). The fourth-order valence-electron chi connectivity index (χ4n) is 7.15. The lowest BCUT2D eigenvalue weighted by Crippen LogP contribution is -2.11. The quantitative estimate of drug-likeness (QED) is 0.0119. The molecule has 0 saturated heterocycles. The maximum Gasteiger partial charge on any atom is 0.313 e. The number of nitrogens with one attached hydrogen (secondary N) is 4. The number of hydrogen-bond donors (Lipinski definition) is 6. The summed E-state index contributed by atoms with van der Waals surface area (Å²) in [6.45, 7) is 7.87. The minimum Gasteiger partial charge on any atom is -0.466 e. The van der Waals surface area contributed by atoms with Gasteiger partial charge in [-0.1, -0.05) is 148 Å². The van der Waals surface area contributed by atoms with Crippen LogP contribution in [0.3, 0.4) is 0 Å². The Balaban J connectivity index is 0.000000199. The van der Waals surface area contributed by atoms with Crippen molar-refractivity contribution < 1.29 is 14.3 Å². The first-order chi connectivity index (χ1) is 38.5. The molecule has 19 nitrogen and oxygen atoms in total. The number of tetrazole rings is 2. The number of carbonyl (C=O) groups excluding carboxylic acids is 2. The van der Waals surface area contributed by atoms with Gasteiger partial charge in [0.25, 0.3) is 0 Å². The van der Waals surface area contributed by atoms with Crippen molar-refractivity contribution in [3.8, 4) is 63.2 Å². The number of Topliss-reactive ketones (excluding diaryl/α,β-unsaturated/α-hetero) is 1. The van der Waals surface area contributed by atoms with E-state index in [1.807, 2.05) is 124 Å². The smallest absolute Gasteiger partial charge is 0.313 e. The number of pyridine rings is 2. The average molecular weight is 1190 g/mol. The minimum absolute atomic E-state index is 0.183. The summed E-state index contributed by atoms with van der Waals surface area (Å²) in [6, 6.07) is 47.4. The molecule has 0 aliphatic carbocycles. The van der Waals surface area contributed by atoms with Gasteiger partial charge in [0.2, 0.25) is 22.8 Å². The van der Waals surface area contributed by atoms with Gasteiger partial charge in [0, 0.05) is 51.0 Å². The first-order valence-electron chi connectivity index (χ1n) is 24.0. The molecule has 0 bridgehead atoms. The number of nitrogens with zero attached hydrogens (tertiary/aromatic N) is 9. The van der Waals surface area contributed by atoms with E-state index in [2.05, 4.69) is 104 Å². The zero-order chi connectivity index (χ0) is 58.0. The molecule has 4 aromatic heterocycles. The van der Waals surface area contributed by atoms with Gasteiger partial charge in [-0.2, -0.15) is 26.2 Å². The summed E-state index contributed by atoms with van der Waals surface area (Å²) < 4.78 is 4.70. The number of thiol groups is 1. The van der Waals surface area contributed by atoms with Crippen LogP contribution in [0.1, 0.15) is 69.1 Å². The van der Waals surface area contributed by atoms with Crippen molar-refractivity contribution in [2.75, 3.05) is 6.61 Å². The number of thiocarbonyl (C=S) groups is 1. The van der Waals surface area contributed by atoms with Crippen molar-refractivity contribution >= 4 is 69.3 Å². The van der Waals surface area contributed by atoms with Crippen LogP contribution in [0.15, 0.2) is 153 Å². The maximum absolute atomic E-state index is 12.3. The normalized spacial score (nSPS) is 9.94. The maximum atomic E-state index is 12.3. The number of aromatic amines is 4. The number of ether oxygens (including phenoxy) is 1. The highest BCUT2D eigenvalue weighted by Crippen LogP contribution is 2.32. The highest BCUT2D eigenvalue weighted by Gasteiger charge is 2.15. The molecule has 9 rings (SSSR count). The summed E-state index contributed by atoms with van der Waals surface area (Å²) in [4.78, 5) is 51.9. The number of aromatic nitrogens is 10. The van der Waals surface area contributed by atoms with Gasteiger partial charge in [0.1, 0.15) is 18.6 Å². The molecule has 4 heterocycles. The lowest BCUT2D eigenvalue weighted by Gasteiger charge is -2.10. The number of nitrogens with two attached hydrogens (primary N) is 1. The Kier molecular flexibility index (Phi) is 24.6. The Morgan fingerprint density at radius 3 is 1.66 bits per heavy atom. The number of ketones is 1. The van der Waals surface area contributed by atoms with E-state index in [1.54, 1.807) is 31.2 Å². The van der Waals surface area contributed by atoms with Crippen LogP contribution in [0.5, 0.6) is 0 Å². The summed E-state index contributed by atoms with van der Waals surface area (Å²) in [5.41, 5.74) is 16.0. The van der Waals surface area contributed by atoms with Gasteiger partial charge < -0.3 is 20.4 Å². The van der Waals surface area contributed by atoms with Crippen LogP contribution in [0.2, 0.25) is 0 Å². The van der Waals surface area contributed by atoms with Gasteiger partial charge in [-0.25, -0.2) is 0 Å². The third-order valence-electron chi connectivity index (χ3n) is 10.7. The molecule has 0 fully saturated rings. The second-order valence-electron chi connectivity index (χ2n) is 16.9. The fraction of sp³-hybridized carbons (Fsp3) is 0.158. The molecule has 5 aromatic carbocycles. The predicted octanol–water partition coefficient (Wildman–Crippen LogP) is 10.3. The van der Waals surface area contributed by atoms with E-state index in [0.717, 1.165) is 49.8 Å². The Morgan fingerprint density at radius 2 is 1.19 bits per heavy atom. The monoisotopic (exact) mass is 1190 g/mol.